The average Bonchev–Trinajstić information content (AvgIpc) is 3.29. The number of fused-ring (bicyclic) bond motifs is 1. The van der Waals surface area contributed by atoms with Gasteiger partial charge in [0, 0.05) is 29.9 Å². The van der Waals surface area contributed by atoms with Crippen molar-refractivity contribution in [3.8, 4) is 11.3 Å². The molecule has 0 aliphatic carbocycles. The molecule has 1 amide bonds. The summed E-state index contributed by atoms with van der Waals surface area (Å²) in [7, 11) is 0. The van der Waals surface area contributed by atoms with Crippen LogP contribution in [0.1, 0.15) is 77.0 Å². The van der Waals surface area contributed by atoms with Crippen molar-refractivity contribution in [3.05, 3.63) is 76.5 Å². The van der Waals surface area contributed by atoms with Crippen LogP contribution in [0.15, 0.2) is 36.4 Å². The van der Waals surface area contributed by atoms with Crippen LogP contribution in [0.25, 0.3) is 11.3 Å². The van der Waals surface area contributed by atoms with Gasteiger partial charge in [0.25, 0.3) is 0 Å². The van der Waals surface area contributed by atoms with E-state index in [2.05, 4.69) is 0 Å². The molecule has 5 nitrogen and oxygen atoms in total. The first-order valence-corrected chi connectivity index (χ1v) is 14.0. The molecule has 2 unspecified atom stereocenters. The highest BCUT2D eigenvalue weighted by Crippen LogP contribution is 2.40. The van der Waals surface area contributed by atoms with Crippen LogP contribution < -0.4 is 0 Å². The van der Waals surface area contributed by atoms with E-state index in [-0.39, 0.29) is 29.1 Å². The molecule has 1 aromatic heterocycles. The molecule has 9 heteroatoms. The number of aromatic nitrogens is 2. The summed E-state index contributed by atoms with van der Waals surface area (Å²) in [5.74, 6) is -2.58. The van der Waals surface area contributed by atoms with E-state index in [1.165, 1.54) is 18.2 Å². The predicted molar refractivity (Wildman–Crippen MR) is 152 cm³/mol. The molecular formula is C32H41F4N3O2. The SMILES string of the molecule is CC(C)c1c(-c2cc(F)c(F)c(CF)c2)nc2n1CCN(C(=O)C(C(C)C)C(C)O)C2(C)C.Cc1ccc(F)cc1. The zero-order valence-corrected chi connectivity index (χ0v) is 25.1. The molecule has 2 atom stereocenters. The van der Waals surface area contributed by atoms with Crippen LogP contribution in [-0.2, 0) is 23.6 Å². The number of hydrogen-bond acceptors (Lipinski definition) is 3. The summed E-state index contributed by atoms with van der Waals surface area (Å²) in [6.07, 6.45) is -0.793. The summed E-state index contributed by atoms with van der Waals surface area (Å²) in [6.45, 7) is 14.9. The molecule has 3 aromatic rings. The van der Waals surface area contributed by atoms with Crippen molar-refractivity contribution in [2.24, 2.45) is 11.8 Å². The molecule has 41 heavy (non-hydrogen) atoms. The van der Waals surface area contributed by atoms with Crippen molar-refractivity contribution in [1.82, 2.24) is 14.5 Å². The van der Waals surface area contributed by atoms with Gasteiger partial charge in [-0.25, -0.2) is 22.5 Å². The Morgan fingerprint density at radius 1 is 1.02 bits per heavy atom. The Kier molecular flexibility index (Phi) is 10.1. The van der Waals surface area contributed by atoms with Crippen LogP contribution in [0.4, 0.5) is 17.6 Å². The number of halogens is 4. The van der Waals surface area contributed by atoms with Crippen molar-refractivity contribution in [2.45, 2.75) is 86.2 Å². The Balaban J connectivity index is 0.000000496. The van der Waals surface area contributed by atoms with Crippen molar-refractivity contribution >= 4 is 5.91 Å². The lowest BCUT2D eigenvalue weighted by atomic mass is 9.87. The van der Waals surface area contributed by atoms with E-state index in [0.29, 0.717) is 30.2 Å². The van der Waals surface area contributed by atoms with Gasteiger partial charge in [0.15, 0.2) is 11.6 Å². The van der Waals surface area contributed by atoms with Gasteiger partial charge in [0.05, 0.1) is 23.3 Å². The molecule has 2 aromatic carbocycles. The summed E-state index contributed by atoms with van der Waals surface area (Å²) >= 11 is 0. The number of aliphatic hydroxyl groups is 1. The maximum atomic E-state index is 14.2. The maximum absolute atomic E-state index is 14.2. The fourth-order valence-electron chi connectivity index (χ4n) is 5.58. The minimum atomic E-state index is -1.19. The maximum Gasteiger partial charge on any atom is 0.229 e. The summed E-state index contributed by atoms with van der Waals surface area (Å²) in [5, 5.41) is 10.3. The molecule has 1 aliphatic heterocycles. The quantitative estimate of drug-likeness (QED) is 0.314. The number of aliphatic hydroxyl groups excluding tert-OH is 1. The van der Waals surface area contributed by atoms with Crippen molar-refractivity contribution in [1.29, 1.82) is 0 Å². The number of aryl methyl sites for hydroxylation is 1. The number of hydrogen-bond donors (Lipinski definition) is 1. The largest absolute Gasteiger partial charge is 0.393 e. The second kappa shape index (κ2) is 12.8. The number of imidazole rings is 1. The number of rotatable bonds is 6. The fraction of sp³-hybridized carbons (Fsp3) is 0.500. The highest BCUT2D eigenvalue weighted by atomic mass is 19.2. The van der Waals surface area contributed by atoms with Gasteiger partial charge >= 0.3 is 0 Å². The van der Waals surface area contributed by atoms with E-state index in [4.69, 9.17) is 4.98 Å². The Morgan fingerprint density at radius 3 is 2.12 bits per heavy atom. The van der Waals surface area contributed by atoms with Crippen LogP contribution in [0.3, 0.4) is 0 Å². The topological polar surface area (TPSA) is 58.4 Å². The average molecular weight is 576 g/mol. The van der Waals surface area contributed by atoms with Gasteiger partial charge in [0.1, 0.15) is 18.3 Å². The lowest BCUT2D eigenvalue weighted by molar-refractivity contribution is -0.148. The van der Waals surface area contributed by atoms with E-state index < -0.39 is 35.9 Å². The fourth-order valence-corrected chi connectivity index (χ4v) is 5.58. The second-order valence-corrected chi connectivity index (χ2v) is 11.9. The molecule has 0 saturated carbocycles. The molecule has 2 heterocycles. The lowest BCUT2D eigenvalue weighted by Gasteiger charge is -2.45. The van der Waals surface area contributed by atoms with Crippen molar-refractivity contribution in [2.75, 3.05) is 6.54 Å². The third kappa shape index (κ3) is 6.66. The van der Waals surface area contributed by atoms with E-state index in [9.17, 15) is 27.5 Å². The first kappa shape index (κ1) is 32.3. The first-order chi connectivity index (χ1) is 19.1. The first-order valence-electron chi connectivity index (χ1n) is 14.0. The Hall–Kier alpha value is -3.20. The van der Waals surface area contributed by atoms with Gasteiger partial charge in [-0.3, -0.25) is 4.79 Å². The van der Waals surface area contributed by atoms with Gasteiger partial charge < -0.3 is 14.6 Å². The zero-order chi connectivity index (χ0) is 30.8. The van der Waals surface area contributed by atoms with Gasteiger partial charge in [-0.1, -0.05) is 45.4 Å². The standard InChI is InChI=1S/C25H34F3N3O2.C7H7F/c1-13(2)19(15(5)32)23(33)31-9-8-30-22(14(3)4)21(29-24(30)25(31,6)7)16-10-17(12-26)20(28)18(27)11-16;1-6-2-4-7(8)5-3-6/h10-11,13-15,19,32H,8-9,12H2,1-7H3;2-5H,1H3. The van der Waals surface area contributed by atoms with Crippen LogP contribution in [0, 0.1) is 36.2 Å². The summed E-state index contributed by atoms with van der Waals surface area (Å²) in [6, 6.07) is 8.75. The molecule has 224 valence electrons. The summed E-state index contributed by atoms with van der Waals surface area (Å²) < 4.78 is 55.6. The molecule has 1 N–H and O–H groups in total. The Labute approximate surface area is 240 Å². The van der Waals surface area contributed by atoms with Crippen molar-refractivity contribution < 1.29 is 27.5 Å². The van der Waals surface area contributed by atoms with Crippen LogP contribution in [0.5, 0.6) is 0 Å². The number of carbonyl (C=O) groups excluding carboxylic acids is 1. The van der Waals surface area contributed by atoms with Gasteiger partial charge in [0.2, 0.25) is 5.91 Å². The van der Waals surface area contributed by atoms with Gasteiger partial charge in [-0.2, -0.15) is 0 Å². The zero-order valence-electron chi connectivity index (χ0n) is 25.1. The second-order valence-electron chi connectivity index (χ2n) is 11.9. The monoisotopic (exact) mass is 575 g/mol. The third-order valence-corrected chi connectivity index (χ3v) is 7.64. The number of benzene rings is 2. The van der Waals surface area contributed by atoms with Crippen molar-refractivity contribution in [3.63, 3.8) is 0 Å². The molecule has 0 radical (unpaired) electrons. The predicted octanol–water partition coefficient (Wildman–Crippen LogP) is 7.29. The molecule has 0 saturated heterocycles. The number of nitrogens with zero attached hydrogens (tertiary/aromatic N) is 3. The smallest absolute Gasteiger partial charge is 0.229 e. The molecule has 1 aliphatic rings. The Morgan fingerprint density at radius 2 is 1.63 bits per heavy atom. The molecule has 0 spiro atoms. The van der Waals surface area contributed by atoms with E-state index in [1.54, 1.807) is 24.0 Å². The van der Waals surface area contributed by atoms with Crippen LogP contribution >= 0.6 is 0 Å². The highest BCUT2D eigenvalue weighted by molar-refractivity contribution is 5.81. The molecule has 0 fully saturated rings. The normalized spacial score (nSPS) is 15.8. The van der Waals surface area contributed by atoms with Gasteiger partial charge in [-0.05, 0) is 63.8 Å². The number of carbonyl (C=O) groups is 1. The summed E-state index contributed by atoms with van der Waals surface area (Å²) in [4.78, 5) is 20.0. The molecule has 4 rings (SSSR count). The van der Waals surface area contributed by atoms with E-state index in [1.807, 2.05) is 53.0 Å². The third-order valence-electron chi connectivity index (χ3n) is 7.64. The lowest BCUT2D eigenvalue weighted by Crippen LogP contribution is -2.55. The molecule has 0 bridgehead atoms. The van der Waals surface area contributed by atoms with Gasteiger partial charge in [-0.15, -0.1) is 0 Å². The highest BCUT2D eigenvalue weighted by Gasteiger charge is 2.44. The molecular weight excluding hydrogens is 534 g/mol. The Bertz CT molecular complexity index is 1340. The minimum Gasteiger partial charge on any atom is -0.393 e. The number of alkyl halides is 1. The number of amides is 1. The minimum absolute atomic E-state index is 0.00196. The van der Waals surface area contributed by atoms with E-state index >= 15 is 0 Å². The van der Waals surface area contributed by atoms with Crippen LogP contribution in [-0.4, -0.2) is 38.1 Å². The summed E-state index contributed by atoms with van der Waals surface area (Å²) in [5.41, 5.74) is 1.54. The van der Waals surface area contributed by atoms with Crippen LogP contribution in [0.2, 0.25) is 0 Å². The van der Waals surface area contributed by atoms with E-state index in [0.717, 1.165) is 17.3 Å².